The van der Waals surface area contributed by atoms with E-state index in [1.54, 1.807) is 31.2 Å². The number of esters is 1. The number of anilines is 1. The predicted molar refractivity (Wildman–Crippen MR) is 180 cm³/mol. The highest BCUT2D eigenvalue weighted by Crippen LogP contribution is 2.39. The topological polar surface area (TPSA) is 154 Å². The lowest BCUT2D eigenvalue weighted by Crippen LogP contribution is -2.47. The summed E-state index contributed by atoms with van der Waals surface area (Å²) >= 11 is 0. The number of aliphatic hydroxyl groups excluding tert-OH is 1. The minimum Gasteiger partial charge on any atom is -0.508 e. The number of amides is 2. The molecule has 1 saturated carbocycles. The van der Waals surface area contributed by atoms with E-state index >= 15 is 0 Å². The van der Waals surface area contributed by atoms with Crippen LogP contribution in [-0.2, 0) is 30.3 Å². The monoisotopic (exact) mass is 648 g/mol. The summed E-state index contributed by atoms with van der Waals surface area (Å²) in [7, 11) is 1.49. The normalized spacial score (nSPS) is 28.6. The van der Waals surface area contributed by atoms with Crippen LogP contribution in [0, 0.1) is 5.92 Å². The van der Waals surface area contributed by atoms with Gasteiger partial charge >= 0.3 is 5.97 Å². The van der Waals surface area contributed by atoms with Gasteiger partial charge in [0.15, 0.2) is 0 Å². The highest BCUT2D eigenvalue weighted by Gasteiger charge is 2.54. The number of carbonyl (C=O) groups excluding carboxylic acids is 3. The summed E-state index contributed by atoms with van der Waals surface area (Å²) in [5, 5.41) is 38.1. The molecule has 0 spiro atoms. The van der Waals surface area contributed by atoms with Crippen molar-refractivity contribution in [3.63, 3.8) is 0 Å². The Labute approximate surface area is 276 Å². The maximum atomic E-state index is 13.5. The van der Waals surface area contributed by atoms with Crippen molar-refractivity contribution in [3.8, 4) is 11.5 Å². The van der Waals surface area contributed by atoms with E-state index in [2.05, 4.69) is 10.6 Å². The number of methoxy groups -OCH3 is 1. The van der Waals surface area contributed by atoms with Crippen molar-refractivity contribution in [1.29, 1.82) is 0 Å². The van der Waals surface area contributed by atoms with Crippen LogP contribution in [0.3, 0.4) is 0 Å². The van der Waals surface area contributed by atoms with Crippen LogP contribution in [0.5, 0.6) is 11.5 Å². The average molecular weight is 649 g/mol. The van der Waals surface area contributed by atoms with Gasteiger partial charge in [0, 0.05) is 31.1 Å². The number of phenolic OH excluding ortho intramolecular Hbond substituents is 2. The second-order valence-corrected chi connectivity index (χ2v) is 12.7. The largest absolute Gasteiger partial charge is 0.508 e. The van der Waals surface area contributed by atoms with Gasteiger partial charge in [0.1, 0.15) is 23.1 Å². The van der Waals surface area contributed by atoms with E-state index < -0.39 is 41.6 Å². The van der Waals surface area contributed by atoms with Crippen LogP contribution in [-0.4, -0.2) is 64.1 Å². The zero-order valence-electron chi connectivity index (χ0n) is 27.5. The number of nitrogens with one attached hydrogen (secondary N) is 2. The smallest absolute Gasteiger partial charge is 0.332 e. The minimum atomic E-state index is -1.04. The Balaban J connectivity index is 1.55. The summed E-state index contributed by atoms with van der Waals surface area (Å²) in [6.07, 6.45) is 18.0. The van der Waals surface area contributed by atoms with E-state index in [1.807, 2.05) is 31.2 Å². The Morgan fingerprint density at radius 2 is 1.79 bits per heavy atom. The first-order valence-corrected chi connectivity index (χ1v) is 16.5. The standard InChI is InChI=1S/C37H48N2O8/c1-24-13-12-16-27-21-28(40)22-30(34(27)43)38-32(41)23-29(46-3)17-10-5-4-6-11-18-31(25(2)33(24)42)47-36(45)37(19-20-37)39-35(44)26-14-8-7-9-15-26/h4-6,10-11,13-14,17,21-22,25,29,31,33,40,42-43H,7-9,12,15-16,18-20,23H2,1-3H3,(H,38,41)(H,39,44)/b5-4+,11-6-,17-10+,24-13+/t25-,29+,31-,33-/m1/s1. The molecule has 4 atom stereocenters. The van der Waals surface area contributed by atoms with Crippen LogP contribution in [0.15, 0.2) is 71.9 Å². The fourth-order valence-electron chi connectivity index (χ4n) is 5.85. The van der Waals surface area contributed by atoms with E-state index in [9.17, 15) is 29.7 Å². The molecule has 5 N–H and O–H groups in total. The van der Waals surface area contributed by atoms with Crippen LogP contribution in [0.25, 0.3) is 0 Å². The van der Waals surface area contributed by atoms with E-state index in [0.29, 0.717) is 49.7 Å². The lowest BCUT2D eigenvalue weighted by atomic mass is 9.90. The first kappa shape index (κ1) is 35.7. The molecule has 1 aliphatic heterocycles. The fraction of sp³-hybridized carbons (Fsp3) is 0.486. The third-order valence-electron chi connectivity index (χ3n) is 9.07. The van der Waals surface area contributed by atoms with Crippen molar-refractivity contribution in [2.75, 3.05) is 12.4 Å². The number of hydrogen-bond donors (Lipinski definition) is 5. The van der Waals surface area contributed by atoms with Gasteiger partial charge in [-0.1, -0.05) is 55.5 Å². The summed E-state index contributed by atoms with van der Waals surface area (Å²) in [5.41, 5.74) is 0.868. The molecule has 1 aromatic rings. The Morgan fingerprint density at radius 1 is 1.02 bits per heavy atom. The highest BCUT2D eigenvalue weighted by molar-refractivity contribution is 5.99. The third kappa shape index (κ3) is 9.92. The molecule has 1 aromatic carbocycles. The van der Waals surface area contributed by atoms with E-state index in [1.165, 1.54) is 19.2 Å². The summed E-state index contributed by atoms with van der Waals surface area (Å²) in [6.45, 7) is 3.62. The maximum Gasteiger partial charge on any atom is 0.332 e. The molecule has 0 radical (unpaired) electrons. The van der Waals surface area contributed by atoms with Gasteiger partial charge in [-0.25, -0.2) is 4.79 Å². The number of allylic oxidation sites excluding steroid dienone is 6. The number of aliphatic hydroxyl groups is 1. The Hall–Kier alpha value is -4.15. The first-order valence-electron chi connectivity index (χ1n) is 16.5. The number of aryl methyl sites for hydroxylation is 1. The zero-order valence-corrected chi connectivity index (χ0v) is 27.5. The number of benzene rings is 1. The molecular weight excluding hydrogens is 600 g/mol. The molecule has 1 fully saturated rings. The Bertz CT molecular complexity index is 1450. The van der Waals surface area contributed by atoms with Crippen molar-refractivity contribution >= 4 is 23.5 Å². The molecule has 10 heteroatoms. The Kier molecular flexibility index (Phi) is 12.6. The summed E-state index contributed by atoms with van der Waals surface area (Å²) in [4.78, 5) is 39.1. The van der Waals surface area contributed by atoms with Crippen LogP contribution in [0.2, 0.25) is 0 Å². The number of hydrogen-bond acceptors (Lipinski definition) is 8. The molecule has 2 aliphatic carbocycles. The summed E-state index contributed by atoms with van der Waals surface area (Å²) in [6, 6.07) is 2.73. The van der Waals surface area contributed by atoms with Gasteiger partial charge in [-0.15, -0.1) is 0 Å². The van der Waals surface area contributed by atoms with Gasteiger partial charge in [0.05, 0.1) is 24.3 Å². The molecule has 0 saturated heterocycles. The van der Waals surface area contributed by atoms with Crippen LogP contribution in [0.4, 0.5) is 5.69 Å². The van der Waals surface area contributed by atoms with Crippen molar-refractivity contribution in [3.05, 3.63) is 77.5 Å². The number of phenols is 2. The number of ether oxygens (including phenoxy) is 2. The fourth-order valence-corrected chi connectivity index (χ4v) is 5.85. The molecule has 4 rings (SSSR count). The third-order valence-corrected chi connectivity index (χ3v) is 9.07. The van der Waals surface area contributed by atoms with Gasteiger partial charge in [-0.05, 0) is 75.5 Å². The van der Waals surface area contributed by atoms with Crippen molar-refractivity contribution in [2.24, 2.45) is 5.92 Å². The number of fused-ring (bicyclic) bond motifs is 2. The summed E-state index contributed by atoms with van der Waals surface area (Å²) in [5.74, 6) is -1.83. The van der Waals surface area contributed by atoms with Crippen LogP contribution in [0.1, 0.15) is 77.2 Å². The SMILES string of the molecule is CO[C@H]1/C=C/C=C/C=C\C[C@@H](OC(=O)C2(NC(=O)C3=CCCCC3)CC2)[C@@H](C)[C@H](O)/C(C)=C/CCc2cc(O)cc(c2O)NC(=O)C1. The second kappa shape index (κ2) is 16.6. The van der Waals surface area contributed by atoms with Gasteiger partial charge in [-0.3, -0.25) is 9.59 Å². The second-order valence-electron chi connectivity index (χ2n) is 12.7. The summed E-state index contributed by atoms with van der Waals surface area (Å²) < 4.78 is 11.5. The maximum absolute atomic E-state index is 13.5. The van der Waals surface area contributed by atoms with E-state index in [-0.39, 0.29) is 29.5 Å². The molecular formula is C37H48N2O8. The number of aromatic hydroxyl groups is 2. The number of carbonyl (C=O) groups is 3. The van der Waals surface area contributed by atoms with E-state index in [4.69, 9.17) is 9.47 Å². The molecule has 2 amide bonds. The molecule has 1 heterocycles. The highest BCUT2D eigenvalue weighted by atomic mass is 16.5. The number of rotatable bonds is 5. The predicted octanol–water partition coefficient (Wildman–Crippen LogP) is 5.45. The molecule has 0 aromatic heterocycles. The average Bonchev–Trinajstić information content (AvgIpc) is 3.84. The molecule has 47 heavy (non-hydrogen) atoms. The van der Waals surface area contributed by atoms with Crippen molar-refractivity contribution in [1.82, 2.24) is 5.32 Å². The zero-order chi connectivity index (χ0) is 34.0. The van der Waals surface area contributed by atoms with E-state index in [0.717, 1.165) is 24.8 Å². The minimum absolute atomic E-state index is 0.00852. The van der Waals surface area contributed by atoms with Crippen molar-refractivity contribution in [2.45, 2.75) is 102 Å². The molecule has 0 unspecified atom stereocenters. The molecule has 254 valence electrons. The molecule has 10 nitrogen and oxygen atoms in total. The van der Waals surface area contributed by atoms with Crippen LogP contribution >= 0.6 is 0 Å². The Morgan fingerprint density at radius 3 is 2.49 bits per heavy atom. The van der Waals surface area contributed by atoms with Gasteiger partial charge in [-0.2, -0.15) is 0 Å². The van der Waals surface area contributed by atoms with Gasteiger partial charge < -0.3 is 35.4 Å². The van der Waals surface area contributed by atoms with Crippen molar-refractivity contribution < 1.29 is 39.2 Å². The lowest BCUT2D eigenvalue weighted by molar-refractivity contribution is -0.158. The first-order chi connectivity index (χ1) is 22.5. The quantitative estimate of drug-likeness (QED) is 0.122. The van der Waals surface area contributed by atoms with Crippen LogP contribution < -0.4 is 10.6 Å². The lowest BCUT2D eigenvalue weighted by Gasteiger charge is -2.30. The molecule has 2 bridgehead atoms. The molecule has 3 aliphatic rings. The van der Waals surface area contributed by atoms with Gasteiger partial charge in [0.25, 0.3) is 0 Å². The van der Waals surface area contributed by atoms with Gasteiger partial charge in [0.2, 0.25) is 11.8 Å².